The smallest absolute Gasteiger partial charge is 0.328 e. The van der Waals surface area contributed by atoms with Gasteiger partial charge in [-0.25, -0.2) is 4.79 Å². The summed E-state index contributed by atoms with van der Waals surface area (Å²) in [7, 11) is 1.23. The number of H-pyrrole nitrogens is 1. The van der Waals surface area contributed by atoms with Crippen molar-refractivity contribution in [2.24, 2.45) is 28.6 Å². The van der Waals surface area contributed by atoms with Crippen molar-refractivity contribution in [1.29, 1.82) is 0 Å². The van der Waals surface area contributed by atoms with Crippen LogP contribution in [0.3, 0.4) is 0 Å². The van der Waals surface area contributed by atoms with Gasteiger partial charge in [-0.1, -0.05) is 37.6 Å². The molecule has 1 unspecified atom stereocenters. The molecule has 1 aromatic heterocycles. The van der Waals surface area contributed by atoms with Gasteiger partial charge in [-0.2, -0.15) is 0 Å². The quantitative estimate of drug-likeness (QED) is 0.322. The van der Waals surface area contributed by atoms with Crippen LogP contribution >= 0.6 is 0 Å². The van der Waals surface area contributed by atoms with E-state index in [1.165, 1.54) is 7.11 Å². The highest BCUT2D eigenvalue weighted by Crippen LogP contribution is 2.66. The summed E-state index contributed by atoms with van der Waals surface area (Å²) in [5, 5.41) is 15.4. The van der Waals surface area contributed by atoms with Crippen LogP contribution in [0.15, 0.2) is 42.1 Å². The highest BCUT2D eigenvalue weighted by molar-refractivity contribution is 5.95. The van der Waals surface area contributed by atoms with Crippen molar-refractivity contribution in [3.63, 3.8) is 0 Å². The van der Waals surface area contributed by atoms with E-state index >= 15 is 0 Å². The number of allylic oxidation sites excluding steroid dienone is 1. The molecule has 0 radical (unpaired) electrons. The summed E-state index contributed by atoms with van der Waals surface area (Å²) in [6.07, 6.45) is 6.38. The Morgan fingerprint density at radius 2 is 1.83 bits per heavy atom. The number of Topliss-reactive ketones (excluding diaryl/α,β-unsaturated/α-hetero) is 2. The number of amides is 1. The lowest BCUT2D eigenvalue weighted by Crippen LogP contribution is -2.61. The fourth-order valence-corrected chi connectivity index (χ4v) is 9.52. The molecule has 1 aromatic carbocycles. The van der Waals surface area contributed by atoms with Crippen molar-refractivity contribution in [1.82, 2.24) is 10.3 Å². The monoisotopic (exact) mass is 660 g/mol. The van der Waals surface area contributed by atoms with Gasteiger partial charge < -0.3 is 24.9 Å². The Hall–Kier alpha value is -4.12. The number of hydrogen-bond donors (Lipinski definition) is 3. The third-order valence-corrected chi connectivity index (χ3v) is 12.1. The highest BCUT2D eigenvalue weighted by Gasteiger charge is 2.68. The zero-order chi connectivity index (χ0) is 34.4. The van der Waals surface area contributed by atoms with Crippen molar-refractivity contribution in [3.8, 4) is 0 Å². The molecule has 0 bridgehead atoms. The molecule has 1 amide bonds. The minimum atomic E-state index is -1.83. The maximum atomic E-state index is 13.8. The number of aromatic amines is 1. The molecule has 4 aliphatic carbocycles. The largest absolute Gasteiger partial charge is 0.467 e. The number of aromatic nitrogens is 1. The second-order valence-electron chi connectivity index (χ2n) is 14.6. The number of ketones is 3. The maximum absolute atomic E-state index is 13.8. The van der Waals surface area contributed by atoms with Crippen molar-refractivity contribution in [2.45, 2.75) is 89.7 Å². The minimum Gasteiger partial charge on any atom is -0.467 e. The summed E-state index contributed by atoms with van der Waals surface area (Å²) in [6, 6.07) is 6.60. The molecule has 11 nitrogen and oxygen atoms in total. The number of nitrogens with one attached hydrogen (secondary N) is 2. The lowest BCUT2D eigenvalue weighted by molar-refractivity contribution is -0.173. The van der Waals surface area contributed by atoms with Gasteiger partial charge in [0.05, 0.1) is 13.5 Å². The molecule has 48 heavy (non-hydrogen) atoms. The summed E-state index contributed by atoms with van der Waals surface area (Å²) < 4.78 is 10.1. The van der Waals surface area contributed by atoms with Crippen molar-refractivity contribution in [2.75, 3.05) is 13.7 Å². The number of rotatable bonds is 10. The number of para-hydroxylation sites is 1. The number of ether oxygens (including phenoxy) is 2. The summed E-state index contributed by atoms with van der Waals surface area (Å²) in [4.78, 5) is 80.5. The van der Waals surface area contributed by atoms with E-state index in [2.05, 4.69) is 17.2 Å². The summed E-state index contributed by atoms with van der Waals surface area (Å²) in [5.74, 6) is -2.80. The van der Waals surface area contributed by atoms with Gasteiger partial charge in [0.2, 0.25) is 11.7 Å². The average molecular weight is 661 g/mol. The number of hydrogen-bond acceptors (Lipinski definition) is 9. The number of methoxy groups -OCH3 is 1. The van der Waals surface area contributed by atoms with Crippen molar-refractivity contribution >= 4 is 46.1 Å². The van der Waals surface area contributed by atoms with Gasteiger partial charge in [0.15, 0.2) is 12.4 Å². The normalized spacial score (nSPS) is 31.6. The van der Waals surface area contributed by atoms with E-state index in [9.17, 15) is 33.9 Å². The summed E-state index contributed by atoms with van der Waals surface area (Å²) in [6.45, 7) is 3.24. The van der Waals surface area contributed by atoms with Crippen LogP contribution in [-0.4, -0.2) is 70.6 Å². The van der Waals surface area contributed by atoms with Crippen molar-refractivity contribution in [3.05, 3.63) is 47.7 Å². The average Bonchev–Trinajstić information content (AvgIpc) is 3.59. The predicted molar refractivity (Wildman–Crippen MR) is 173 cm³/mol. The molecule has 0 aliphatic heterocycles. The topological polar surface area (TPSA) is 169 Å². The van der Waals surface area contributed by atoms with E-state index in [4.69, 9.17) is 9.47 Å². The van der Waals surface area contributed by atoms with Gasteiger partial charge in [0, 0.05) is 54.1 Å². The Bertz CT molecular complexity index is 1710. The van der Waals surface area contributed by atoms with Crippen LogP contribution in [0.4, 0.5) is 0 Å². The third kappa shape index (κ3) is 5.69. The Morgan fingerprint density at radius 3 is 2.60 bits per heavy atom. The lowest BCUT2D eigenvalue weighted by atomic mass is 9.46. The molecule has 3 N–H and O–H groups in total. The molecule has 1 heterocycles. The lowest BCUT2D eigenvalue weighted by Gasteiger charge is -2.57. The van der Waals surface area contributed by atoms with Crippen LogP contribution in [-0.2, 0) is 44.7 Å². The number of aliphatic hydroxyl groups is 1. The third-order valence-electron chi connectivity index (χ3n) is 12.1. The zero-order valence-corrected chi connectivity index (χ0v) is 27.8. The Kier molecular flexibility index (Phi) is 8.95. The molecule has 7 atom stereocenters. The van der Waals surface area contributed by atoms with E-state index < -0.39 is 47.3 Å². The molecule has 2 aromatic rings. The van der Waals surface area contributed by atoms with E-state index in [1.807, 2.05) is 31.2 Å². The van der Waals surface area contributed by atoms with E-state index in [0.717, 1.165) is 34.9 Å². The number of fused-ring (bicyclic) bond motifs is 6. The molecule has 11 heteroatoms. The SMILES string of the molecule is COC(=O)C(Cc1c[nH]c2ccccc12)NC(=O)CCC(=O)OCC(=O)[C@@]1(O)CC[C@H]2[C@@H]3CCC4=CC(=O)CC[C@]4(C)[C@H]3C(=O)C[C@@]21C. The molecule has 0 saturated heterocycles. The molecule has 6 rings (SSSR count). The fourth-order valence-electron chi connectivity index (χ4n) is 9.52. The first-order chi connectivity index (χ1) is 22.8. The Balaban J connectivity index is 1.04. The molecular weight excluding hydrogens is 616 g/mol. The van der Waals surface area contributed by atoms with Crippen LogP contribution < -0.4 is 5.32 Å². The molecular formula is C37H44N2O9. The zero-order valence-electron chi connectivity index (χ0n) is 27.8. The van der Waals surface area contributed by atoms with Crippen LogP contribution in [0.1, 0.15) is 77.2 Å². The summed E-state index contributed by atoms with van der Waals surface area (Å²) in [5.41, 5.74) is -0.439. The molecule has 4 aliphatic rings. The highest BCUT2D eigenvalue weighted by atomic mass is 16.5. The second kappa shape index (κ2) is 12.7. The number of carbonyl (C=O) groups excluding carboxylic acids is 6. The Labute approximate surface area is 279 Å². The van der Waals surface area contributed by atoms with E-state index in [0.29, 0.717) is 19.3 Å². The van der Waals surface area contributed by atoms with Crippen LogP contribution in [0, 0.1) is 28.6 Å². The first-order valence-corrected chi connectivity index (χ1v) is 16.9. The fraction of sp³-hybridized carbons (Fsp3) is 0.568. The minimum absolute atomic E-state index is 0.000674. The summed E-state index contributed by atoms with van der Waals surface area (Å²) >= 11 is 0. The van der Waals surface area contributed by atoms with Gasteiger partial charge in [-0.15, -0.1) is 0 Å². The molecule has 0 spiro atoms. The van der Waals surface area contributed by atoms with Gasteiger partial charge in [0.1, 0.15) is 17.4 Å². The molecule has 256 valence electrons. The van der Waals surface area contributed by atoms with Crippen molar-refractivity contribution < 1.29 is 43.3 Å². The van der Waals surface area contributed by atoms with Gasteiger partial charge in [0.25, 0.3) is 0 Å². The number of esters is 2. The van der Waals surface area contributed by atoms with Gasteiger partial charge >= 0.3 is 11.9 Å². The maximum Gasteiger partial charge on any atom is 0.328 e. The first-order valence-electron chi connectivity index (χ1n) is 16.9. The molecule has 3 saturated carbocycles. The number of carbonyl (C=O) groups is 6. The number of benzene rings is 1. The standard InChI is InChI=1S/C37H44N2O9/c1-35-14-12-23(40)17-22(35)8-9-25-26-13-15-37(46,36(26,2)18-29(41)33(25)35)30(42)20-48-32(44)11-10-31(43)39-28(34(45)47-3)16-21-19-38-27-7-5-4-6-24(21)27/h4-7,17,19,25-26,28,33,38,46H,8-16,18,20H2,1-3H3,(H,39,43)/t25-,26-,28?,33+,35-,36-,37-/m0/s1. The van der Waals surface area contributed by atoms with Gasteiger partial charge in [-0.05, 0) is 67.1 Å². The first kappa shape index (κ1) is 33.8. The van der Waals surface area contributed by atoms with Crippen LogP contribution in [0.5, 0.6) is 0 Å². The van der Waals surface area contributed by atoms with E-state index in [1.54, 1.807) is 12.3 Å². The van der Waals surface area contributed by atoms with Crippen LogP contribution in [0.25, 0.3) is 10.9 Å². The second-order valence-corrected chi connectivity index (χ2v) is 14.6. The van der Waals surface area contributed by atoms with Crippen LogP contribution in [0.2, 0.25) is 0 Å². The predicted octanol–water partition coefficient (Wildman–Crippen LogP) is 3.70. The van der Waals surface area contributed by atoms with E-state index in [-0.39, 0.29) is 66.8 Å². The Morgan fingerprint density at radius 1 is 1.06 bits per heavy atom. The molecule has 3 fully saturated rings. The van der Waals surface area contributed by atoms with Gasteiger partial charge in [-0.3, -0.25) is 24.0 Å².